The summed E-state index contributed by atoms with van der Waals surface area (Å²) in [6.45, 7) is 0.958. The maximum Gasteiger partial charge on any atom is 0.292 e. The second-order valence-corrected chi connectivity index (χ2v) is 1.08. The number of hydrogen-bond donors (Lipinski definition) is 0. The van der Waals surface area contributed by atoms with E-state index < -0.39 is 0 Å². The van der Waals surface area contributed by atoms with Gasteiger partial charge >= 0.3 is 0 Å². The van der Waals surface area contributed by atoms with E-state index in [1.54, 1.807) is 0 Å². The van der Waals surface area contributed by atoms with Crippen LogP contribution in [-0.2, 0) is 0 Å². The summed E-state index contributed by atoms with van der Waals surface area (Å²) in [4.78, 5) is 0. The van der Waals surface area contributed by atoms with Gasteiger partial charge in [0, 0.05) is 0 Å². The van der Waals surface area contributed by atoms with Gasteiger partial charge in [-0.25, -0.2) is 5.11 Å². The zero-order chi connectivity index (χ0) is 3.54. The lowest BCUT2D eigenvalue weighted by Gasteiger charge is -1.61. The molecule has 0 spiro atoms. The molecular weight excluding hydrogens is 62.8 g/mol. The first-order chi connectivity index (χ1) is 2.50. The Balaban J connectivity index is 2.32. The Labute approximate surface area is 31.6 Å². The summed E-state index contributed by atoms with van der Waals surface area (Å²) in [7, 11) is 0.958. The van der Waals surface area contributed by atoms with Crippen molar-refractivity contribution in [2.75, 3.05) is 6.54 Å². The van der Waals surface area contributed by atoms with Gasteiger partial charge in [0.1, 0.15) is 0 Å². The van der Waals surface area contributed by atoms with Gasteiger partial charge in [0.15, 0.2) is 0 Å². The molecule has 0 aromatic carbocycles. The van der Waals surface area contributed by atoms with Gasteiger partial charge in [-0.1, -0.05) is 0 Å². The predicted octanol–water partition coefficient (Wildman–Crippen LogP) is 0.222. The highest BCUT2D eigenvalue weighted by Gasteiger charge is 1.91. The molecule has 0 aliphatic carbocycles. The van der Waals surface area contributed by atoms with Crippen LogP contribution >= 0.6 is 0 Å². The molecule has 5 heavy (non-hydrogen) atoms. The van der Waals surface area contributed by atoms with Crippen LogP contribution in [0.15, 0.2) is 10.1 Å². The second kappa shape index (κ2) is 1.20. The third-order valence-electron chi connectivity index (χ3n) is 0.616. The Hall–Kier alpha value is -0.335. The fraction of sp³-hybridized carbons (Fsp3) is 1.00. The molecule has 0 radical (unpaired) electrons. The number of hydrogen-bond acceptors (Lipinski definition) is 2. The van der Waals surface area contributed by atoms with Gasteiger partial charge in [-0.05, 0) is 6.32 Å². The zero-order valence-corrected chi connectivity index (χ0v) is 3.02. The smallest absolute Gasteiger partial charge is 0.264 e. The summed E-state index contributed by atoms with van der Waals surface area (Å²) in [6, 6.07) is 0. The van der Waals surface area contributed by atoms with Crippen molar-refractivity contribution in [1.29, 1.82) is 0 Å². The van der Waals surface area contributed by atoms with Gasteiger partial charge in [0.2, 0.25) is 0 Å². The minimum absolute atomic E-state index is 0.958. The molecule has 1 rings (SSSR count). The first-order valence-corrected chi connectivity index (χ1v) is 1.83. The molecule has 0 saturated carbocycles. The van der Waals surface area contributed by atoms with Crippen molar-refractivity contribution in [1.82, 2.24) is 0 Å². The van der Waals surface area contributed by atoms with E-state index in [0.717, 1.165) is 14.0 Å². The average molecular weight is 67.9 g/mol. The van der Waals surface area contributed by atoms with E-state index in [-0.39, 0.29) is 0 Å². The maximum atomic E-state index is 3.71. The van der Waals surface area contributed by atoms with Crippen LogP contribution in [0.4, 0.5) is 0 Å². The van der Waals surface area contributed by atoms with Crippen molar-refractivity contribution in [3.05, 3.63) is 0 Å². The fourth-order valence-corrected chi connectivity index (χ4v) is 0.354. The standard InChI is InChI=1S/C2H5BN2/c1-2-4-5-3-1/h3H,1-2H2. The van der Waals surface area contributed by atoms with E-state index in [4.69, 9.17) is 0 Å². The summed E-state index contributed by atoms with van der Waals surface area (Å²) in [5.41, 5.74) is 0. The van der Waals surface area contributed by atoms with Crippen LogP contribution in [-0.4, -0.2) is 14.0 Å². The molecule has 2 nitrogen and oxygen atoms in total. The lowest BCUT2D eigenvalue weighted by atomic mass is 9.93. The van der Waals surface area contributed by atoms with Gasteiger partial charge in [-0.2, -0.15) is 0 Å². The minimum Gasteiger partial charge on any atom is -0.264 e. The lowest BCUT2D eigenvalue weighted by Crippen LogP contribution is -1.72. The van der Waals surface area contributed by atoms with Crippen LogP contribution in [0.25, 0.3) is 0 Å². The van der Waals surface area contributed by atoms with E-state index in [9.17, 15) is 0 Å². The van der Waals surface area contributed by atoms with Gasteiger partial charge in [0.05, 0.1) is 6.54 Å². The summed E-state index contributed by atoms with van der Waals surface area (Å²) in [5.74, 6) is 0. The molecule has 0 saturated heterocycles. The van der Waals surface area contributed by atoms with E-state index >= 15 is 0 Å². The summed E-state index contributed by atoms with van der Waals surface area (Å²) < 4.78 is 0. The number of nitrogens with zero attached hydrogens (tertiary/aromatic N) is 2. The molecular formula is C2H5BN2. The van der Waals surface area contributed by atoms with Gasteiger partial charge in [-0.15, -0.1) is 0 Å². The van der Waals surface area contributed by atoms with Gasteiger partial charge < -0.3 is 0 Å². The van der Waals surface area contributed by atoms with Crippen molar-refractivity contribution in [2.45, 2.75) is 6.32 Å². The highest BCUT2D eigenvalue weighted by atomic mass is 15.1. The van der Waals surface area contributed by atoms with Crippen molar-refractivity contribution in [3.63, 3.8) is 0 Å². The van der Waals surface area contributed by atoms with Gasteiger partial charge in [-0.3, -0.25) is 5.03 Å². The first-order valence-electron chi connectivity index (χ1n) is 1.83. The lowest BCUT2D eigenvalue weighted by molar-refractivity contribution is 1.09. The van der Waals surface area contributed by atoms with Gasteiger partial charge in [0.25, 0.3) is 7.41 Å². The molecule has 0 amide bonds. The highest BCUT2D eigenvalue weighted by Crippen LogP contribution is 1.90. The van der Waals surface area contributed by atoms with Crippen LogP contribution in [0, 0.1) is 0 Å². The molecule has 0 fully saturated rings. The quantitative estimate of drug-likeness (QED) is 0.363. The van der Waals surface area contributed by atoms with Crippen LogP contribution in [0.5, 0.6) is 0 Å². The molecule has 0 atom stereocenters. The molecule has 0 bridgehead atoms. The minimum atomic E-state index is 0.958. The number of rotatable bonds is 0. The molecule has 26 valence electrons. The van der Waals surface area contributed by atoms with Crippen molar-refractivity contribution >= 4 is 7.41 Å². The molecule has 0 unspecified atom stereocenters. The van der Waals surface area contributed by atoms with Crippen LogP contribution in [0.2, 0.25) is 6.32 Å². The SMILES string of the molecule is B1CCN=N1. The molecule has 0 aromatic heterocycles. The van der Waals surface area contributed by atoms with Crippen molar-refractivity contribution in [3.8, 4) is 0 Å². The van der Waals surface area contributed by atoms with E-state index in [0.29, 0.717) is 0 Å². The Morgan fingerprint density at radius 3 is 2.80 bits per heavy atom. The Morgan fingerprint density at radius 2 is 2.60 bits per heavy atom. The predicted molar refractivity (Wildman–Crippen MR) is 21.7 cm³/mol. The summed E-state index contributed by atoms with van der Waals surface area (Å²) in [5, 5.41) is 7.42. The Bertz CT molecular complexity index is 45.6. The van der Waals surface area contributed by atoms with E-state index in [1.807, 2.05) is 0 Å². The molecule has 1 aliphatic rings. The van der Waals surface area contributed by atoms with E-state index in [2.05, 4.69) is 10.1 Å². The first kappa shape index (κ1) is 2.88. The Kier molecular flexibility index (Phi) is 0.689. The molecule has 0 N–H and O–H groups in total. The van der Waals surface area contributed by atoms with E-state index in [1.165, 1.54) is 6.32 Å². The maximum absolute atomic E-state index is 3.71. The van der Waals surface area contributed by atoms with Crippen molar-refractivity contribution in [2.24, 2.45) is 10.1 Å². The zero-order valence-electron chi connectivity index (χ0n) is 3.02. The second-order valence-electron chi connectivity index (χ2n) is 1.08. The Morgan fingerprint density at radius 1 is 1.60 bits per heavy atom. The van der Waals surface area contributed by atoms with Crippen LogP contribution in [0.1, 0.15) is 0 Å². The fourth-order valence-electron chi connectivity index (χ4n) is 0.354. The third kappa shape index (κ3) is 0.467. The molecule has 1 aliphatic heterocycles. The largest absolute Gasteiger partial charge is 0.292 e. The molecule has 0 aromatic rings. The van der Waals surface area contributed by atoms with Crippen LogP contribution < -0.4 is 0 Å². The molecule has 3 heteroatoms. The highest BCUT2D eigenvalue weighted by molar-refractivity contribution is 6.33. The monoisotopic (exact) mass is 68.1 g/mol. The van der Waals surface area contributed by atoms with Crippen LogP contribution in [0.3, 0.4) is 0 Å². The topological polar surface area (TPSA) is 24.7 Å². The normalized spacial score (nSPS) is 19.2. The summed E-state index contributed by atoms with van der Waals surface area (Å²) >= 11 is 0. The summed E-state index contributed by atoms with van der Waals surface area (Å²) in [6.07, 6.45) is 1.17. The average Bonchev–Trinajstić information content (AvgIpc) is 1.76. The molecule has 1 heterocycles. The van der Waals surface area contributed by atoms with Crippen molar-refractivity contribution < 1.29 is 0 Å². The third-order valence-corrected chi connectivity index (χ3v) is 0.616.